The zero-order valence-electron chi connectivity index (χ0n) is 10.6. The molecule has 1 aromatic rings. The summed E-state index contributed by atoms with van der Waals surface area (Å²) in [5.74, 6) is 0.633. The summed E-state index contributed by atoms with van der Waals surface area (Å²) < 4.78 is 0. The van der Waals surface area contributed by atoms with Crippen molar-refractivity contribution < 1.29 is 0 Å². The van der Waals surface area contributed by atoms with E-state index in [-0.39, 0.29) is 0 Å². The van der Waals surface area contributed by atoms with E-state index in [1.54, 1.807) is 0 Å². The topological polar surface area (TPSA) is 12.0 Å². The fourth-order valence-corrected chi connectivity index (χ4v) is 1.76. The molecule has 16 heavy (non-hydrogen) atoms. The summed E-state index contributed by atoms with van der Waals surface area (Å²) in [6.07, 6.45) is 6.06. The van der Waals surface area contributed by atoms with Crippen molar-refractivity contribution in [3.05, 3.63) is 42.3 Å². The molecular weight excluding hydrogens is 194 g/mol. The van der Waals surface area contributed by atoms with Crippen LogP contribution in [0.15, 0.2) is 30.3 Å². The molecule has 0 heterocycles. The third-order valence-corrected chi connectivity index (χ3v) is 2.88. The van der Waals surface area contributed by atoms with Crippen LogP contribution in [0.3, 0.4) is 0 Å². The van der Waals surface area contributed by atoms with Crippen molar-refractivity contribution in [2.75, 3.05) is 13.1 Å². The van der Waals surface area contributed by atoms with Crippen molar-refractivity contribution >= 4 is 0 Å². The maximum atomic E-state index is 3.44. The molecule has 89 valence electrons. The third kappa shape index (κ3) is 5.32. The molecule has 0 aromatic heterocycles. The highest BCUT2D eigenvalue weighted by atomic mass is 14.8. The Kier molecular flexibility index (Phi) is 6.91. The van der Waals surface area contributed by atoms with E-state index in [0.29, 0.717) is 5.92 Å². The number of hydrogen-bond donors (Lipinski definition) is 1. The van der Waals surface area contributed by atoms with Gasteiger partial charge in [-0.15, -0.1) is 0 Å². The summed E-state index contributed by atoms with van der Waals surface area (Å²) >= 11 is 0. The van der Waals surface area contributed by atoms with Gasteiger partial charge in [0.05, 0.1) is 0 Å². The first-order valence-electron chi connectivity index (χ1n) is 6.42. The summed E-state index contributed by atoms with van der Waals surface area (Å²) in [5.41, 5.74) is 1.44. The Bertz CT molecular complexity index is 255. The van der Waals surface area contributed by atoms with E-state index < -0.39 is 0 Å². The maximum absolute atomic E-state index is 3.44. The van der Waals surface area contributed by atoms with Crippen LogP contribution < -0.4 is 5.32 Å². The third-order valence-electron chi connectivity index (χ3n) is 2.88. The zero-order chi connectivity index (χ0) is 11.6. The number of benzene rings is 1. The lowest BCUT2D eigenvalue weighted by Crippen LogP contribution is -2.17. The summed E-state index contributed by atoms with van der Waals surface area (Å²) in [6.45, 7) is 6.70. The summed E-state index contributed by atoms with van der Waals surface area (Å²) in [6, 6.07) is 10.7. The monoisotopic (exact) mass is 218 g/mol. The van der Waals surface area contributed by atoms with Crippen molar-refractivity contribution in [2.45, 2.75) is 39.0 Å². The Morgan fingerprint density at radius 1 is 1.25 bits per heavy atom. The Balaban J connectivity index is 2.09. The highest BCUT2D eigenvalue weighted by Gasteiger charge is 2.03. The van der Waals surface area contributed by atoms with Gasteiger partial charge in [0.1, 0.15) is 0 Å². The van der Waals surface area contributed by atoms with Gasteiger partial charge in [0.25, 0.3) is 0 Å². The maximum Gasteiger partial charge on any atom is -0.00172 e. The number of unbranched alkanes of at least 4 members (excludes halogenated alkanes) is 1. The molecule has 1 nitrogen and oxygen atoms in total. The van der Waals surface area contributed by atoms with E-state index in [1.807, 2.05) is 0 Å². The molecule has 1 radical (unpaired) electrons. The normalized spacial score (nSPS) is 12.6. The van der Waals surface area contributed by atoms with Gasteiger partial charge in [-0.25, -0.2) is 0 Å². The fraction of sp³-hybridized carbons (Fsp3) is 0.533. The van der Waals surface area contributed by atoms with Crippen molar-refractivity contribution in [2.24, 2.45) is 0 Å². The minimum atomic E-state index is 0.633. The second-order valence-electron chi connectivity index (χ2n) is 4.39. The van der Waals surface area contributed by atoms with E-state index in [2.05, 4.69) is 55.9 Å². The molecule has 1 N–H and O–H groups in total. The summed E-state index contributed by atoms with van der Waals surface area (Å²) in [4.78, 5) is 0. The van der Waals surface area contributed by atoms with Crippen molar-refractivity contribution in [3.8, 4) is 0 Å². The van der Waals surface area contributed by atoms with Crippen LogP contribution in [0, 0.1) is 6.42 Å². The largest absolute Gasteiger partial charge is 0.316 e. The minimum Gasteiger partial charge on any atom is -0.316 e. The number of rotatable bonds is 8. The lowest BCUT2D eigenvalue weighted by atomic mass is 9.96. The van der Waals surface area contributed by atoms with Crippen molar-refractivity contribution in [3.63, 3.8) is 0 Å². The molecule has 0 aliphatic rings. The molecule has 0 aliphatic carbocycles. The molecule has 0 saturated heterocycles. The first kappa shape index (κ1) is 13.2. The SMILES string of the molecule is CCCCNC[CH]CC(C)c1ccccc1. The quantitative estimate of drug-likeness (QED) is 0.655. The van der Waals surface area contributed by atoms with Crippen LogP contribution in [0.5, 0.6) is 0 Å². The number of hydrogen-bond acceptors (Lipinski definition) is 1. The lowest BCUT2D eigenvalue weighted by Gasteiger charge is -2.11. The molecule has 1 rings (SSSR count). The average molecular weight is 218 g/mol. The minimum absolute atomic E-state index is 0.633. The van der Waals surface area contributed by atoms with Gasteiger partial charge in [-0.3, -0.25) is 0 Å². The van der Waals surface area contributed by atoms with Gasteiger partial charge in [0, 0.05) is 0 Å². The summed E-state index contributed by atoms with van der Waals surface area (Å²) in [7, 11) is 0. The highest BCUT2D eigenvalue weighted by Crippen LogP contribution is 2.18. The molecule has 1 unspecified atom stereocenters. The zero-order valence-corrected chi connectivity index (χ0v) is 10.6. The molecule has 0 spiro atoms. The molecule has 0 bridgehead atoms. The smallest absolute Gasteiger partial charge is 0.00172 e. The van der Waals surface area contributed by atoms with E-state index in [1.165, 1.54) is 18.4 Å². The molecular formula is C15H24N. The van der Waals surface area contributed by atoms with Crippen LogP contribution in [0.1, 0.15) is 44.6 Å². The second-order valence-corrected chi connectivity index (χ2v) is 4.39. The predicted octanol–water partition coefficient (Wildman–Crippen LogP) is 3.77. The van der Waals surface area contributed by atoms with Gasteiger partial charge in [-0.2, -0.15) is 0 Å². The van der Waals surface area contributed by atoms with Crippen LogP contribution in [0.4, 0.5) is 0 Å². The van der Waals surface area contributed by atoms with E-state index >= 15 is 0 Å². The van der Waals surface area contributed by atoms with Gasteiger partial charge in [-0.05, 0) is 43.8 Å². The van der Waals surface area contributed by atoms with Gasteiger partial charge in [0.15, 0.2) is 0 Å². The molecule has 1 aromatic carbocycles. The van der Waals surface area contributed by atoms with Crippen LogP contribution >= 0.6 is 0 Å². The van der Waals surface area contributed by atoms with E-state index in [9.17, 15) is 0 Å². The Morgan fingerprint density at radius 3 is 2.69 bits per heavy atom. The van der Waals surface area contributed by atoms with Gasteiger partial charge < -0.3 is 5.32 Å². The molecule has 1 atom stereocenters. The highest BCUT2D eigenvalue weighted by molar-refractivity contribution is 5.19. The molecule has 0 amide bonds. The second kappa shape index (κ2) is 8.35. The molecule has 0 fully saturated rings. The molecule has 1 heteroatoms. The van der Waals surface area contributed by atoms with Gasteiger partial charge in [-0.1, -0.05) is 50.6 Å². The Hall–Kier alpha value is -0.820. The lowest BCUT2D eigenvalue weighted by molar-refractivity contribution is 0.640. The van der Waals surface area contributed by atoms with Crippen LogP contribution in [-0.2, 0) is 0 Å². The summed E-state index contributed by atoms with van der Waals surface area (Å²) in [5, 5.41) is 3.44. The first-order valence-corrected chi connectivity index (χ1v) is 6.42. The van der Waals surface area contributed by atoms with Crippen LogP contribution in [0.2, 0.25) is 0 Å². The number of nitrogens with one attached hydrogen (secondary N) is 1. The molecule has 0 saturated carbocycles. The Morgan fingerprint density at radius 2 is 2.00 bits per heavy atom. The van der Waals surface area contributed by atoms with Crippen molar-refractivity contribution in [1.29, 1.82) is 0 Å². The van der Waals surface area contributed by atoms with Crippen LogP contribution in [0.25, 0.3) is 0 Å². The first-order chi connectivity index (χ1) is 7.84. The standard InChI is InChI=1S/C15H24N/c1-3-4-12-16-13-8-9-14(2)15-10-6-5-7-11-15/h5-8,10-11,14,16H,3-4,9,12-13H2,1-2H3. The van der Waals surface area contributed by atoms with Gasteiger partial charge in [0.2, 0.25) is 0 Å². The fourth-order valence-electron chi connectivity index (χ4n) is 1.76. The van der Waals surface area contributed by atoms with E-state index in [0.717, 1.165) is 19.5 Å². The average Bonchev–Trinajstić information content (AvgIpc) is 2.34. The molecule has 0 aliphatic heterocycles. The van der Waals surface area contributed by atoms with Crippen LogP contribution in [-0.4, -0.2) is 13.1 Å². The van der Waals surface area contributed by atoms with E-state index in [4.69, 9.17) is 0 Å². The van der Waals surface area contributed by atoms with Gasteiger partial charge >= 0.3 is 0 Å². The Labute approximate surface area is 100 Å². The van der Waals surface area contributed by atoms with Crippen molar-refractivity contribution in [1.82, 2.24) is 5.32 Å². The predicted molar refractivity (Wildman–Crippen MR) is 71.6 cm³/mol.